The molecule has 224 valence electrons. The van der Waals surface area contributed by atoms with Gasteiger partial charge in [-0.25, -0.2) is 0 Å². The van der Waals surface area contributed by atoms with Crippen LogP contribution in [0.4, 0.5) is 17.1 Å². The molecule has 46 heavy (non-hydrogen) atoms. The maximum absolute atomic E-state index is 7.13. The van der Waals surface area contributed by atoms with E-state index in [2.05, 4.69) is 156 Å². The van der Waals surface area contributed by atoms with Crippen LogP contribution in [0.15, 0.2) is 109 Å². The highest BCUT2D eigenvalue weighted by atomic mass is 32.1. The molecule has 0 unspecified atom stereocenters. The lowest BCUT2D eigenvalue weighted by Gasteiger charge is -2.41. The standard InChI is InChI=1S/C42H36BNOS/c1-41(2,3)26-21-27(42(4,5)6)23-28(22-26)44-33-20-19-25-13-7-8-14-29(25)38(33)43-39-32(30-15-9-11-17-34(30)45-43)24-36-37(40(39)44)31-16-10-12-18-35(31)46-36/h7-24H,1-6H3. The van der Waals surface area contributed by atoms with Crippen LogP contribution in [0.1, 0.15) is 52.7 Å². The number of fused-ring (bicyclic) bond motifs is 10. The minimum Gasteiger partial charge on any atom is -0.551 e. The normalized spacial score (nSPS) is 14.0. The Morgan fingerprint density at radius 3 is 2.04 bits per heavy atom. The minimum absolute atomic E-state index is 0.0108. The molecule has 0 fully saturated rings. The van der Waals surface area contributed by atoms with Crippen LogP contribution in [-0.2, 0) is 10.8 Å². The first kappa shape index (κ1) is 27.7. The molecular weight excluding hydrogens is 577 g/mol. The van der Waals surface area contributed by atoms with Crippen LogP contribution in [0.3, 0.4) is 0 Å². The summed E-state index contributed by atoms with van der Waals surface area (Å²) in [6, 6.07) is 40.6. The highest BCUT2D eigenvalue weighted by Gasteiger charge is 2.45. The highest BCUT2D eigenvalue weighted by Crippen LogP contribution is 2.51. The van der Waals surface area contributed by atoms with Gasteiger partial charge in [0, 0.05) is 48.0 Å². The van der Waals surface area contributed by atoms with E-state index in [1.54, 1.807) is 0 Å². The molecule has 0 bridgehead atoms. The summed E-state index contributed by atoms with van der Waals surface area (Å²) < 4.78 is 9.75. The second kappa shape index (κ2) is 9.50. The molecule has 3 heterocycles. The van der Waals surface area contributed by atoms with E-state index < -0.39 is 0 Å². The van der Waals surface area contributed by atoms with E-state index in [0.29, 0.717) is 0 Å². The molecule has 0 atom stereocenters. The molecule has 0 spiro atoms. The van der Waals surface area contributed by atoms with Crippen molar-refractivity contribution in [1.29, 1.82) is 0 Å². The predicted octanol–water partition coefficient (Wildman–Crippen LogP) is 10.8. The third-order valence-corrected chi connectivity index (χ3v) is 11.1. The minimum atomic E-state index is -0.229. The fourth-order valence-corrected chi connectivity index (χ4v) is 8.68. The van der Waals surface area contributed by atoms with Crippen molar-refractivity contribution in [2.75, 3.05) is 4.90 Å². The molecule has 0 saturated heterocycles. The molecular formula is C42H36BNOS. The van der Waals surface area contributed by atoms with Crippen molar-refractivity contribution in [3.63, 3.8) is 0 Å². The third-order valence-electron chi connectivity index (χ3n) is 9.95. The molecule has 2 nitrogen and oxygen atoms in total. The molecule has 0 saturated carbocycles. The Morgan fingerprint density at radius 1 is 0.609 bits per heavy atom. The van der Waals surface area contributed by atoms with Crippen LogP contribution in [0, 0.1) is 0 Å². The summed E-state index contributed by atoms with van der Waals surface area (Å²) >= 11 is 1.89. The zero-order valence-electron chi connectivity index (χ0n) is 27.2. The van der Waals surface area contributed by atoms with Gasteiger partial charge in [-0.15, -0.1) is 11.3 Å². The van der Waals surface area contributed by atoms with Crippen LogP contribution in [0.2, 0.25) is 0 Å². The van der Waals surface area contributed by atoms with Gasteiger partial charge in [0.2, 0.25) is 0 Å². The summed E-state index contributed by atoms with van der Waals surface area (Å²) in [5.74, 6) is 0.948. The van der Waals surface area contributed by atoms with E-state index in [-0.39, 0.29) is 17.7 Å². The number of hydrogen-bond donors (Lipinski definition) is 0. The SMILES string of the molecule is CC(C)(C)c1cc(N2c3ccc4ccccc4c3B3Oc4ccccc4-c4cc5sc6ccccc6c5c2c43)cc(C(C)(C)C)c1. The average Bonchev–Trinajstić information content (AvgIpc) is 3.42. The molecule has 2 aliphatic heterocycles. The quantitative estimate of drug-likeness (QED) is 0.171. The number of anilines is 3. The van der Waals surface area contributed by atoms with Crippen LogP contribution >= 0.6 is 11.3 Å². The number of para-hydroxylation sites is 1. The summed E-state index contributed by atoms with van der Waals surface area (Å²) in [7, 11) is 0. The van der Waals surface area contributed by atoms with Crippen LogP contribution in [0.25, 0.3) is 42.1 Å². The molecule has 0 amide bonds. The van der Waals surface area contributed by atoms with E-state index in [1.807, 2.05) is 11.3 Å². The summed E-state index contributed by atoms with van der Waals surface area (Å²) in [5, 5.41) is 5.08. The van der Waals surface area contributed by atoms with Gasteiger partial charge in [-0.3, -0.25) is 0 Å². The molecule has 7 aromatic rings. The van der Waals surface area contributed by atoms with E-state index >= 15 is 0 Å². The van der Waals surface area contributed by atoms with E-state index in [0.717, 1.165) is 11.3 Å². The average molecular weight is 614 g/mol. The Balaban J connectivity index is 1.50. The third kappa shape index (κ3) is 3.96. The van der Waals surface area contributed by atoms with E-state index in [9.17, 15) is 0 Å². The lowest BCUT2D eigenvalue weighted by molar-refractivity contribution is 0.568. The van der Waals surface area contributed by atoms with Crippen molar-refractivity contribution in [2.45, 2.75) is 52.4 Å². The molecule has 2 aliphatic rings. The summed E-state index contributed by atoms with van der Waals surface area (Å²) in [6.45, 7) is 13.7. The van der Waals surface area contributed by atoms with Gasteiger partial charge in [0.1, 0.15) is 5.75 Å². The van der Waals surface area contributed by atoms with Crippen molar-refractivity contribution in [2.24, 2.45) is 0 Å². The zero-order valence-corrected chi connectivity index (χ0v) is 28.0. The molecule has 6 aromatic carbocycles. The monoisotopic (exact) mass is 613 g/mol. The molecule has 1 aromatic heterocycles. The van der Waals surface area contributed by atoms with Gasteiger partial charge < -0.3 is 9.55 Å². The second-order valence-corrected chi connectivity index (χ2v) is 16.1. The lowest BCUT2D eigenvalue weighted by atomic mass is 9.48. The van der Waals surface area contributed by atoms with Crippen molar-refractivity contribution in [3.8, 4) is 16.9 Å². The summed E-state index contributed by atoms with van der Waals surface area (Å²) in [5.41, 5.74) is 11.2. The number of thiophene rings is 1. The predicted molar refractivity (Wildman–Crippen MR) is 200 cm³/mol. The van der Waals surface area contributed by atoms with Gasteiger partial charge >= 0.3 is 6.92 Å². The van der Waals surface area contributed by atoms with Crippen molar-refractivity contribution in [3.05, 3.63) is 120 Å². The number of benzene rings is 6. The smallest absolute Gasteiger partial charge is 0.432 e. The van der Waals surface area contributed by atoms with Crippen molar-refractivity contribution >= 4 is 77.2 Å². The number of nitrogens with zero attached hydrogens (tertiary/aromatic N) is 1. The maximum atomic E-state index is 7.13. The molecule has 4 heteroatoms. The summed E-state index contributed by atoms with van der Waals surface area (Å²) in [6.07, 6.45) is 0. The maximum Gasteiger partial charge on any atom is 0.432 e. The van der Waals surface area contributed by atoms with Gasteiger partial charge in [-0.05, 0) is 74.7 Å². The van der Waals surface area contributed by atoms with Gasteiger partial charge in [-0.1, -0.05) is 114 Å². The van der Waals surface area contributed by atoms with Gasteiger partial charge in [0.25, 0.3) is 0 Å². The Kier molecular flexibility index (Phi) is 5.73. The van der Waals surface area contributed by atoms with Crippen LogP contribution in [0.5, 0.6) is 5.75 Å². The first-order valence-corrected chi connectivity index (χ1v) is 17.1. The van der Waals surface area contributed by atoms with Crippen LogP contribution in [-0.4, -0.2) is 6.92 Å². The zero-order chi connectivity index (χ0) is 31.5. The van der Waals surface area contributed by atoms with Crippen molar-refractivity contribution in [1.82, 2.24) is 0 Å². The number of rotatable bonds is 1. The summed E-state index contributed by atoms with van der Waals surface area (Å²) in [4.78, 5) is 2.58. The topological polar surface area (TPSA) is 12.5 Å². The molecule has 0 aliphatic carbocycles. The molecule has 0 N–H and O–H groups in total. The lowest BCUT2D eigenvalue weighted by Crippen LogP contribution is -2.56. The van der Waals surface area contributed by atoms with Crippen LogP contribution < -0.4 is 20.5 Å². The fourth-order valence-electron chi connectivity index (χ4n) is 7.53. The Bertz CT molecular complexity index is 2360. The molecule has 0 radical (unpaired) electrons. The first-order chi connectivity index (χ1) is 22.1. The van der Waals surface area contributed by atoms with Gasteiger partial charge in [-0.2, -0.15) is 0 Å². The fraction of sp³-hybridized carbons (Fsp3) is 0.190. The highest BCUT2D eigenvalue weighted by molar-refractivity contribution is 7.26. The largest absolute Gasteiger partial charge is 0.551 e. The Hall–Kier alpha value is -4.54. The second-order valence-electron chi connectivity index (χ2n) is 15.0. The van der Waals surface area contributed by atoms with E-state index in [1.165, 1.54) is 75.6 Å². The van der Waals surface area contributed by atoms with Gasteiger partial charge in [0.05, 0.1) is 5.69 Å². The Morgan fingerprint density at radius 2 is 1.28 bits per heavy atom. The van der Waals surface area contributed by atoms with E-state index in [4.69, 9.17) is 4.65 Å². The Labute approximate surface area is 275 Å². The molecule has 9 rings (SSSR count). The number of hydrogen-bond acceptors (Lipinski definition) is 3. The van der Waals surface area contributed by atoms with Crippen molar-refractivity contribution < 1.29 is 4.65 Å². The first-order valence-electron chi connectivity index (χ1n) is 16.3. The van der Waals surface area contributed by atoms with Gasteiger partial charge in [0.15, 0.2) is 0 Å².